The van der Waals surface area contributed by atoms with Gasteiger partial charge in [-0.15, -0.1) is 0 Å². The molecule has 0 radical (unpaired) electrons. The average molecular weight is 614 g/mol. The van der Waals surface area contributed by atoms with Gasteiger partial charge in [-0.05, 0) is 42.5 Å². The van der Waals surface area contributed by atoms with Gasteiger partial charge in [0, 0.05) is 15.6 Å². The highest BCUT2D eigenvalue weighted by molar-refractivity contribution is 9.10. The van der Waals surface area contributed by atoms with Crippen molar-refractivity contribution in [2.45, 2.75) is 0 Å². The molecule has 5 aromatic rings. The molecule has 0 unspecified atom stereocenters. The maximum Gasteiger partial charge on any atom is 0.343 e. The number of hydrogen-bond donors (Lipinski definition) is 0. The fourth-order valence-electron chi connectivity index (χ4n) is 4.20. The third kappa shape index (κ3) is 5.68. The maximum absolute atomic E-state index is 13.5. The lowest BCUT2D eigenvalue weighted by Crippen LogP contribution is -2.20. The molecule has 41 heavy (non-hydrogen) atoms. The summed E-state index contributed by atoms with van der Waals surface area (Å²) in [5.74, 6) is 0.915. The number of para-hydroxylation sites is 1. The van der Waals surface area contributed by atoms with Gasteiger partial charge in [0.15, 0.2) is 17.3 Å². The molecule has 206 valence electrons. The van der Waals surface area contributed by atoms with Gasteiger partial charge in [0.05, 0.1) is 44.0 Å². The van der Waals surface area contributed by atoms with Crippen LogP contribution >= 0.6 is 15.9 Å². The summed E-state index contributed by atoms with van der Waals surface area (Å²) in [5, 5.41) is 4.93. The largest absolute Gasteiger partial charge is 0.493 e. The fraction of sp³-hybridized carbons (Fsp3) is 0.0968. The van der Waals surface area contributed by atoms with Crippen molar-refractivity contribution in [2.75, 3.05) is 21.3 Å². The molecular formula is C31H24BrN3O6. The number of carbonyl (C=O) groups is 1. The predicted molar refractivity (Wildman–Crippen MR) is 160 cm³/mol. The number of halogens is 1. The van der Waals surface area contributed by atoms with E-state index in [9.17, 15) is 9.59 Å². The zero-order valence-corrected chi connectivity index (χ0v) is 23.9. The van der Waals surface area contributed by atoms with Crippen LogP contribution < -0.4 is 24.5 Å². The summed E-state index contributed by atoms with van der Waals surface area (Å²) >= 11 is 3.46. The minimum Gasteiger partial charge on any atom is -0.493 e. The van der Waals surface area contributed by atoms with Gasteiger partial charge in [-0.1, -0.05) is 58.4 Å². The van der Waals surface area contributed by atoms with Crippen LogP contribution in [0.3, 0.4) is 0 Å². The molecule has 1 heterocycles. The Balaban J connectivity index is 1.56. The van der Waals surface area contributed by atoms with E-state index in [1.165, 1.54) is 44.4 Å². The summed E-state index contributed by atoms with van der Waals surface area (Å²) < 4.78 is 23.8. The first-order valence-corrected chi connectivity index (χ1v) is 13.2. The van der Waals surface area contributed by atoms with E-state index < -0.39 is 5.97 Å². The highest BCUT2D eigenvalue weighted by atomic mass is 79.9. The average Bonchev–Trinajstić information content (AvgIpc) is 3.01. The summed E-state index contributed by atoms with van der Waals surface area (Å²) in [6.07, 6.45) is 1.45. The van der Waals surface area contributed by atoms with Crippen LogP contribution in [0.25, 0.3) is 22.3 Å². The molecule has 0 bridgehead atoms. The van der Waals surface area contributed by atoms with Crippen LogP contribution in [0, 0.1) is 0 Å². The van der Waals surface area contributed by atoms with E-state index in [1.54, 1.807) is 36.4 Å². The van der Waals surface area contributed by atoms with E-state index >= 15 is 0 Å². The summed E-state index contributed by atoms with van der Waals surface area (Å²) in [6, 6.07) is 24.5. The highest BCUT2D eigenvalue weighted by Gasteiger charge is 2.19. The highest BCUT2D eigenvalue weighted by Crippen LogP contribution is 2.38. The van der Waals surface area contributed by atoms with Crippen LogP contribution in [0.4, 0.5) is 0 Å². The molecule has 0 aliphatic carbocycles. The Morgan fingerprint density at radius 3 is 2.22 bits per heavy atom. The smallest absolute Gasteiger partial charge is 0.343 e. The Morgan fingerprint density at radius 2 is 1.54 bits per heavy atom. The number of carbonyl (C=O) groups excluding carboxylic acids is 1. The molecule has 0 amide bonds. The molecular weight excluding hydrogens is 590 g/mol. The molecule has 0 saturated carbocycles. The van der Waals surface area contributed by atoms with Crippen molar-refractivity contribution in [3.05, 3.63) is 111 Å². The molecule has 1 aromatic heterocycles. The summed E-state index contributed by atoms with van der Waals surface area (Å²) in [7, 11) is 4.40. The second-order valence-corrected chi connectivity index (χ2v) is 9.58. The maximum atomic E-state index is 13.5. The number of rotatable bonds is 8. The molecule has 5 rings (SSSR count). The van der Waals surface area contributed by atoms with Gasteiger partial charge in [-0.3, -0.25) is 4.79 Å². The molecule has 9 nitrogen and oxygen atoms in total. The van der Waals surface area contributed by atoms with Crippen molar-refractivity contribution in [3.8, 4) is 34.4 Å². The topological polar surface area (TPSA) is 101 Å². The van der Waals surface area contributed by atoms with Gasteiger partial charge in [0.25, 0.3) is 5.56 Å². The Bertz CT molecular complexity index is 1810. The number of benzene rings is 4. The number of fused-ring (bicyclic) bond motifs is 1. The molecule has 0 spiro atoms. The predicted octanol–water partition coefficient (Wildman–Crippen LogP) is 5.95. The number of methoxy groups -OCH3 is 3. The first kappa shape index (κ1) is 27.6. The fourth-order valence-corrected chi connectivity index (χ4v) is 4.57. The molecule has 0 atom stereocenters. The zero-order valence-electron chi connectivity index (χ0n) is 22.3. The molecule has 0 saturated heterocycles. The molecule has 0 N–H and O–H groups in total. The van der Waals surface area contributed by atoms with Gasteiger partial charge in [0.2, 0.25) is 5.75 Å². The number of aromatic nitrogens is 2. The van der Waals surface area contributed by atoms with Gasteiger partial charge in [-0.2, -0.15) is 9.78 Å². The number of esters is 1. The SMILES string of the molecule is COc1cc(C(=O)Oc2ccc(Br)cc2C=Nn2c(-c3ccccc3)nc3ccccc3c2=O)cc(OC)c1OC. The van der Waals surface area contributed by atoms with Crippen molar-refractivity contribution in [1.29, 1.82) is 0 Å². The van der Waals surface area contributed by atoms with E-state index in [2.05, 4.69) is 21.0 Å². The van der Waals surface area contributed by atoms with Crippen LogP contribution in [-0.2, 0) is 0 Å². The third-order valence-corrected chi connectivity index (χ3v) is 6.67. The summed E-state index contributed by atoms with van der Waals surface area (Å²) in [6.45, 7) is 0. The van der Waals surface area contributed by atoms with Gasteiger partial charge >= 0.3 is 5.97 Å². The Labute approximate surface area is 243 Å². The van der Waals surface area contributed by atoms with Gasteiger partial charge in [0.1, 0.15) is 5.75 Å². The lowest BCUT2D eigenvalue weighted by Gasteiger charge is -2.14. The van der Waals surface area contributed by atoms with Crippen LogP contribution in [0.1, 0.15) is 15.9 Å². The monoisotopic (exact) mass is 613 g/mol. The van der Waals surface area contributed by atoms with Crippen LogP contribution in [0.15, 0.2) is 99.3 Å². The van der Waals surface area contributed by atoms with Gasteiger partial charge < -0.3 is 18.9 Å². The third-order valence-electron chi connectivity index (χ3n) is 6.17. The summed E-state index contributed by atoms with van der Waals surface area (Å²) in [4.78, 5) is 31.4. The summed E-state index contributed by atoms with van der Waals surface area (Å²) in [5.41, 5.74) is 1.57. The van der Waals surface area contributed by atoms with E-state index in [0.717, 1.165) is 10.0 Å². The van der Waals surface area contributed by atoms with E-state index in [-0.39, 0.29) is 16.9 Å². The quantitative estimate of drug-likeness (QED) is 0.121. The molecule has 0 aliphatic heterocycles. The zero-order chi connectivity index (χ0) is 28.9. The first-order valence-electron chi connectivity index (χ1n) is 12.4. The van der Waals surface area contributed by atoms with Crippen molar-refractivity contribution in [3.63, 3.8) is 0 Å². The number of hydrogen-bond acceptors (Lipinski definition) is 8. The van der Waals surface area contributed by atoms with E-state index in [0.29, 0.717) is 39.5 Å². The van der Waals surface area contributed by atoms with Crippen LogP contribution in [0.5, 0.6) is 23.0 Å². The second-order valence-electron chi connectivity index (χ2n) is 8.67. The number of ether oxygens (including phenoxy) is 4. The lowest BCUT2D eigenvalue weighted by molar-refractivity contribution is 0.0733. The molecule has 10 heteroatoms. The van der Waals surface area contributed by atoms with Crippen molar-refractivity contribution < 1.29 is 23.7 Å². The second kappa shape index (κ2) is 12.1. The van der Waals surface area contributed by atoms with Crippen LogP contribution in [0.2, 0.25) is 0 Å². The Hall–Kier alpha value is -4.96. The van der Waals surface area contributed by atoms with Crippen LogP contribution in [-0.4, -0.2) is 43.2 Å². The van der Waals surface area contributed by atoms with E-state index in [4.69, 9.17) is 23.9 Å². The first-order chi connectivity index (χ1) is 19.9. The standard InChI is InChI=1S/C31H24BrN3O6/c1-38-26-16-20(17-27(39-2)28(26)40-3)31(37)41-25-14-13-22(32)15-21(25)18-33-35-29(19-9-5-4-6-10-19)34-24-12-8-7-11-23(24)30(35)36/h4-18H,1-3H3. The lowest BCUT2D eigenvalue weighted by atomic mass is 10.1. The number of nitrogens with zero attached hydrogens (tertiary/aromatic N) is 3. The van der Waals surface area contributed by atoms with Crippen molar-refractivity contribution in [1.82, 2.24) is 9.66 Å². The van der Waals surface area contributed by atoms with Crippen molar-refractivity contribution in [2.24, 2.45) is 5.10 Å². The minimum absolute atomic E-state index is 0.187. The van der Waals surface area contributed by atoms with E-state index in [1.807, 2.05) is 36.4 Å². The molecule has 0 fully saturated rings. The van der Waals surface area contributed by atoms with Crippen molar-refractivity contribution >= 4 is 39.0 Å². The Morgan fingerprint density at radius 1 is 0.854 bits per heavy atom. The minimum atomic E-state index is -0.657. The Kier molecular flexibility index (Phi) is 8.11. The van der Waals surface area contributed by atoms with Gasteiger partial charge in [-0.25, -0.2) is 9.78 Å². The molecule has 4 aromatic carbocycles. The normalized spacial score (nSPS) is 11.0. The molecule has 0 aliphatic rings.